The summed E-state index contributed by atoms with van der Waals surface area (Å²) in [6.45, 7) is -0.407. The van der Waals surface area contributed by atoms with Gasteiger partial charge in [0.15, 0.2) is 0 Å². The largest absolute Gasteiger partial charge is 0.389 e. The van der Waals surface area contributed by atoms with E-state index in [1.54, 1.807) is 0 Å². The molecule has 0 aromatic rings. The molecule has 0 aliphatic carbocycles. The first-order valence-electron chi connectivity index (χ1n) is 2.71. The van der Waals surface area contributed by atoms with Gasteiger partial charge in [-0.2, -0.15) is 13.2 Å². The van der Waals surface area contributed by atoms with E-state index in [9.17, 15) is 18.3 Å². The lowest BCUT2D eigenvalue weighted by atomic mass is 10.2. The monoisotopic (exact) mass is 141 g/mol. The van der Waals surface area contributed by atoms with E-state index in [4.69, 9.17) is 0 Å². The number of alkyl halides is 3. The second-order valence-electron chi connectivity index (χ2n) is 1.78. The number of halogens is 3. The lowest BCUT2D eigenvalue weighted by Crippen LogP contribution is -2.06. The van der Waals surface area contributed by atoms with Gasteiger partial charge in [0.2, 0.25) is 0 Å². The average molecular weight is 141 g/mol. The van der Waals surface area contributed by atoms with E-state index in [0.29, 0.717) is 0 Å². The third kappa shape index (κ3) is 7.75. The Morgan fingerprint density at radius 1 is 1.11 bits per heavy atom. The topological polar surface area (TPSA) is 19.9 Å². The highest BCUT2D eigenvalue weighted by Gasteiger charge is 2.25. The van der Waals surface area contributed by atoms with Crippen LogP contribution in [0.15, 0.2) is 0 Å². The molecule has 0 saturated heterocycles. The van der Waals surface area contributed by atoms with Crippen LogP contribution in [0.3, 0.4) is 0 Å². The highest BCUT2D eigenvalue weighted by atomic mass is 19.4. The molecule has 0 rings (SSSR count). The fraction of sp³-hybridized carbons (Fsp3) is 1.00. The molecule has 0 heterocycles. The molecular formula is C5H8F3O. The first-order chi connectivity index (χ1) is 4.06. The minimum atomic E-state index is -4.09. The van der Waals surface area contributed by atoms with Crippen LogP contribution in [0.4, 0.5) is 13.2 Å². The van der Waals surface area contributed by atoms with Crippen molar-refractivity contribution in [2.45, 2.75) is 25.4 Å². The van der Waals surface area contributed by atoms with Gasteiger partial charge < -0.3 is 0 Å². The summed E-state index contributed by atoms with van der Waals surface area (Å²) >= 11 is 0. The standard InChI is InChI=1S/C5H8F3O/c6-5(7,8)3-1-2-4-9/h1-4H2. The number of rotatable bonds is 3. The quantitative estimate of drug-likeness (QED) is 0.536. The van der Waals surface area contributed by atoms with Gasteiger partial charge in [0, 0.05) is 6.42 Å². The predicted octanol–water partition coefficient (Wildman–Crippen LogP) is 2.15. The molecule has 55 valence electrons. The van der Waals surface area contributed by atoms with Crippen molar-refractivity contribution in [3.8, 4) is 0 Å². The predicted molar refractivity (Wildman–Crippen MR) is 25.5 cm³/mol. The summed E-state index contributed by atoms with van der Waals surface area (Å²) in [4.78, 5) is 0. The molecule has 0 unspecified atom stereocenters. The number of unbranched alkanes of at least 4 members (excludes halogenated alkanes) is 1. The van der Waals surface area contributed by atoms with Crippen molar-refractivity contribution >= 4 is 0 Å². The van der Waals surface area contributed by atoms with E-state index in [2.05, 4.69) is 0 Å². The zero-order valence-electron chi connectivity index (χ0n) is 4.87. The molecule has 9 heavy (non-hydrogen) atoms. The van der Waals surface area contributed by atoms with Gasteiger partial charge in [0.25, 0.3) is 0 Å². The van der Waals surface area contributed by atoms with Crippen molar-refractivity contribution in [1.82, 2.24) is 0 Å². The highest BCUT2D eigenvalue weighted by molar-refractivity contribution is 4.49. The summed E-state index contributed by atoms with van der Waals surface area (Å²) in [5.74, 6) is 0. The van der Waals surface area contributed by atoms with E-state index >= 15 is 0 Å². The van der Waals surface area contributed by atoms with Gasteiger partial charge >= 0.3 is 6.18 Å². The maximum atomic E-state index is 11.3. The molecule has 0 aliphatic heterocycles. The minimum Gasteiger partial charge on any atom is -0.237 e. The molecule has 0 N–H and O–H groups in total. The van der Waals surface area contributed by atoms with Crippen LogP contribution in [0.1, 0.15) is 19.3 Å². The molecule has 1 radical (unpaired) electrons. The zero-order chi connectivity index (χ0) is 7.33. The Balaban J connectivity index is 3.07. The summed E-state index contributed by atoms with van der Waals surface area (Å²) in [5, 5.41) is 9.65. The molecular weight excluding hydrogens is 133 g/mol. The molecule has 0 atom stereocenters. The summed E-state index contributed by atoms with van der Waals surface area (Å²) < 4.78 is 33.8. The lowest BCUT2D eigenvalue weighted by Gasteiger charge is -2.02. The molecule has 0 aromatic heterocycles. The van der Waals surface area contributed by atoms with Crippen molar-refractivity contribution < 1.29 is 18.3 Å². The molecule has 1 nitrogen and oxygen atoms in total. The Morgan fingerprint density at radius 2 is 1.67 bits per heavy atom. The zero-order valence-corrected chi connectivity index (χ0v) is 4.87. The Morgan fingerprint density at radius 3 is 2.00 bits per heavy atom. The molecule has 0 fully saturated rings. The van der Waals surface area contributed by atoms with Gasteiger partial charge in [-0.1, -0.05) is 0 Å². The molecule has 4 heteroatoms. The van der Waals surface area contributed by atoms with Gasteiger partial charge in [-0.3, -0.25) is 0 Å². The Kier molecular flexibility index (Phi) is 3.61. The molecule has 0 aliphatic rings. The van der Waals surface area contributed by atoms with Crippen LogP contribution >= 0.6 is 0 Å². The van der Waals surface area contributed by atoms with Gasteiger partial charge in [0.1, 0.15) is 0 Å². The summed E-state index contributed by atoms with van der Waals surface area (Å²) in [6.07, 6.45) is -4.82. The van der Waals surface area contributed by atoms with Crippen LogP contribution in [0.2, 0.25) is 0 Å². The highest BCUT2D eigenvalue weighted by Crippen LogP contribution is 2.21. The summed E-state index contributed by atoms with van der Waals surface area (Å²) in [5.41, 5.74) is 0. The summed E-state index contributed by atoms with van der Waals surface area (Å²) in [7, 11) is 0. The maximum Gasteiger partial charge on any atom is 0.389 e. The van der Waals surface area contributed by atoms with Crippen molar-refractivity contribution in [2.75, 3.05) is 6.61 Å². The van der Waals surface area contributed by atoms with Gasteiger partial charge in [-0.25, -0.2) is 5.11 Å². The number of hydrogen-bond acceptors (Lipinski definition) is 0. The second-order valence-corrected chi connectivity index (χ2v) is 1.78. The normalized spacial score (nSPS) is 12.0. The van der Waals surface area contributed by atoms with Crippen molar-refractivity contribution in [3.05, 3.63) is 0 Å². The van der Waals surface area contributed by atoms with Crippen LogP contribution in [0.25, 0.3) is 0 Å². The van der Waals surface area contributed by atoms with E-state index in [-0.39, 0.29) is 12.8 Å². The minimum absolute atomic E-state index is 0.0347. The van der Waals surface area contributed by atoms with Crippen molar-refractivity contribution in [1.29, 1.82) is 0 Å². The lowest BCUT2D eigenvalue weighted by molar-refractivity contribution is -0.136. The fourth-order valence-corrected chi connectivity index (χ4v) is 0.428. The SMILES string of the molecule is [O]CCCCC(F)(F)F. The molecule has 0 bridgehead atoms. The van der Waals surface area contributed by atoms with E-state index in [1.165, 1.54) is 0 Å². The Labute approximate surface area is 51.5 Å². The smallest absolute Gasteiger partial charge is 0.237 e. The van der Waals surface area contributed by atoms with E-state index in [0.717, 1.165) is 0 Å². The first-order valence-corrected chi connectivity index (χ1v) is 2.71. The molecule has 0 amide bonds. The average Bonchev–Trinajstić information content (AvgIpc) is 1.63. The van der Waals surface area contributed by atoms with Crippen LogP contribution in [-0.4, -0.2) is 12.8 Å². The molecule has 0 aromatic carbocycles. The third-order valence-electron chi connectivity index (χ3n) is 0.855. The fourth-order valence-electron chi connectivity index (χ4n) is 0.428. The van der Waals surface area contributed by atoms with E-state index in [1.807, 2.05) is 0 Å². The van der Waals surface area contributed by atoms with Gasteiger partial charge in [0.05, 0.1) is 6.61 Å². The number of hydrogen-bond donors (Lipinski definition) is 0. The Hall–Kier alpha value is -0.250. The van der Waals surface area contributed by atoms with Crippen molar-refractivity contribution in [2.24, 2.45) is 0 Å². The van der Waals surface area contributed by atoms with Gasteiger partial charge in [-0.05, 0) is 12.8 Å². The van der Waals surface area contributed by atoms with Crippen molar-refractivity contribution in [3.63, 3.8) is 0 Å². The molecule has 0 spiro atoms. The van der Waals surface area contributed by atoms with Gasteiger partial charge in [-0.15, -0.1) is 0 Å². The van der Waals surface area contributed by atoms with E-state index < -0.39 is 19.2 Å². The molecule has 0 saturated carbocycles. The van der Waals surface area contributed by atoms with Crippen LogP contribution in [0, 0.1) is 0 Å². The van der Waals surface area contributed by atoms with Crippen LogP contribution in [0.5, 0.6) is 0 Å². The second kappa shape index (κ2) is 3.71. The van der Waals surface area contributed by atoms with Crippen LogP contribution < -0.4 is 0 Å². The summed E-state index contributed by atoms with van der Waals surface area (Å²) in [6, 6.07) is 0. The third-order valence-corrected chi connectivity index (χ3v) is 0.855. The van der Waals surface area contributed by atoms with Crippen LogP contribution in [-0.2, 0) is 5.11 Å². The first kappa shape index (κ1) is 8.75. The maximum absolute atomic E-state index is 11.3. The Bertz CT molecular complexity index is 69.1.